The number of benzene rings is 2. The van der Waals surface area contributed by atoms with Gasteiger partial charge in [0.25, 0.3) is 0 Å². The largest absolute Gasteiger partial charge is 0.504 e. The summed E-state index contributed by atoms with van der Waals surface area (Å²) in [4.78, 5) is 2.46. The van der Waals surface area contributed by atoms with Crippen LogP contribution in [0.3, 0.4) is 0 Å². The summed E-state index contributed by atoms with van der Waals surface area (Å²) in [5, 5.41) is 18.7. The lowest BCUT2D eigenvalue weighted by atomic mass is 10.0. The molecule has 140 valence electrons. The minimum absolute atomic E-state index is 0.176. The summed E-state index contributed by atoms with van der Waals surface area (Å²) >= 11 is 0. The number of ether oxygens (including phenoxy) is 2. The van der Waals surface area contributed by atoms with Gasteiger partial charge in [0.2, 0.25) is 0 Å². The van der Waals surface area contributed by atoms with Crippen LogP contribution in [0.5, 0.6) is 17.2 Å². The maximum Gasteiger partial charge on any atom is 0.186 e. The van der Waals surface area contributed by atoms with Gasteiger partial charge >= 0.3 is 0 Å². The van der Waals surface area contributed by atoms with Gasteiger partial charge in [0.05, 0.1) is 7.11 Å². The molecule has 1 atom stereocenters. The Balaban J connectivity index is 1.61. The van der Waals surface area contributed by atoms with Crippen molar-refractivity contribution in [1.82, 2.24) is 4.90 Å². The number of aliphatic hydroxyl groups excluding tert-OH is 1. The molecule has 0 saturated carbocycles. The number of aryl methyl sites for hydroxylation is 2. The van der Waals surface area contributed by atoms with Crippen molar-refractivity contribution in [1.29, 1.82) is 0 Å². The van der Waals surface area contributed by atoms with Crippen molar-refractivity contribution in [2.75, 3.05) is 13.9 Å². The van der Waals surface area contributed by atoms with Gasteiger partial charge in [-0.1, -0.05) is 12.1 Å². The molecule has 5 nitrogen and oxygen atoms in total. The van der Waals surface area contributed by atoms with Crippen LogP contribution in [0.1, 0.15) is 35.6 Å². The summed E-state index contributed by atoms with van der Waals surface area (Å²) in [6.45, 7) is 5.81. The van der Waals surface area contributed by atoms with E-state index >= 15 is 0 Å². The number of aromatic hydroxyl groups is 1. The Labute approximate surface area is 154 Å². The fraction of sp³-hybridized carbons (Fsp3) is 0.429. The second kappa shape index (κ2) is 7.98. The Morgan fingerprint density at radius 2 is 1.85 bits per heavy atom. The van der Waals surface area contributed by atoms with E-state index in [4.69, 9.17) is 14.6 Å². The number of hydrogen-bond acceptors (Lipinski definition) is 5. The van der Waals surface area contributed by atoms with E-state index in [0.717, 1.165) is 42.8 Å². The van der Waals surface area contributed by atoms with E-state index in [1.54, 1.807) is 13.2 Å². The van der Waals surface area contributed by atoms with Gasteiger partial charge in [0.15, 0.2) is 18.3 Å². The van der Waals surface area contributed by atoms with Crippen LogP contribution in [0, 0.1) is 6.92 Å². The molecule has 0 spiro atoms. The Bertz CT molecular complexity index is 775. The van der Waals surface area contributed by atoms with Crippen LogP contribution in [0.25, 0.3) is 0 Å². The summed E-state index contributed by atoms with van der Waals surface area (Å²) < 4.78 is 10.5. The van der Waals surface area contributed by atoms with E-state index in [1.807, 2.05) is 19.1 Å². The molecule has 0 unspecified atom stereocenters. The number of hydrogen-bond donors (Lipinski definition) is 2. The van der Waals surface area contributed by atoms with E-state index < -0.39 is 0 Å². The number of methoxy groups -OCH3 is 1. The average Bonchev–Trinajstić information content (AvgIpc) is 3.04. The van der Waals surface area contributed by atoms with Gasteiger partial charge in [-0.3, -0.25) is 4.90 Å². The fourth-order valence-electron chi connectivity index (χ4n) is 3.55. The highest BCUT2D eigenvalue weighted by Crippen LogP contribution is 2.32. The normalized spacial score (nSPS) is 14.9. The first-order valence-corrected chi connectivity index (χ1v) is 8.97. The second-order valence-corrected chi connectivity index (χ2v) is 6.96. The first kappa shape index (κ1) is 18.5. The summed E-state index contributed by atoms with van der Waals surface area (Å²) in [5.41, 5.74) is 4.84. The summed E-state index contributed by atoms with van der Waals surface area (Å²) in [6.07, 6.45) is 1.96. The highest BCUT2D eigenvalue weighted by Gasteiger charge is 2.24. The van der Waals surface area contributed by atoms with Gasteiger partial charge in [-0.2, -0.15) is 0 Å². The first-order valence-electron chi connectivity index (χ1n) is 8.97. The molecule has 2 N–H and O–H groups in total. The minimum Gasteiger partial charge on any atom is -0.504 e. The maximum atomic E-state index is 9.71. The molecule has 1 heterocycles. The molecule has 26 heavy (non-hydrogen) atoms. The van der Waals surface area contributed by atoms with Crippen LogP contribution in [0.2, 0.25) is 0 Å². The number of nitrogens with zero attached hydrogens (tertiary/aromatic N) is 1. The SMILES string of the molecule is COc1cc(CC[C@@H](C)N2Cc3cc(C)c(OCO)cc3C2)ccc1O. The fourth-order valence-corrected chi connectivity index (χ4v) is 3.55. The van der Waals surface area contributed by atoms with Crippen LogP contribution in [0.15, 0.2) is 30.3 Å². The smallest absolute Gasteiger partial charge is 0.186 e. The zero-order valence-electron chi connectivity index (χ0n) is 15.7. The van der Waals surface area contributed by atoms with Crippen molar-refractivity contribution in [3.63, 3.8) is 0 Å². The lowest BCUT2D eigenvalue weighted by molar-refractivity contribution is 0.0977. The van der Waals surface area contributed by atoms with E-state index in [2.05, 4.69) is 24.0 Å². The Hall–Kier alpha value is -2.24. The van der Waals surface area contributed by atoms with Crippen LogP contribution >= 0.6 is 0 Å². The van der Waals surface area contributed by atoms with Crippen molar-refractivity contribution in [3.05, 3.63) is 52.6 Å². The van der Waals surface area contributed by atoms with Crippen LogP contribution in [-0.4, -0.2) is 35.1 Å². The monoisotopic (exact) mass is 357 g/mol. The van der Waals surface area contributed by atoms with Crippen molar-refractivity contribution in [2.24, 2.45) is 0 Å². The number of phenolic OH excluding ortho intramolecular Hbond substituents is 1. The van der Waals surface area contributed by atoms with Crippen molar-refractivity contribution < 1.29 is 19.7 Å². The van der Waals surface area contributed by atoms with Crippen LogP contribution < -0.4 is 9.47 Å². The second-order valence-electron chi connectivity index (χ2n) is 6.96. The number of fused-ring (bicyclic) bond motifs is 1. The molecule has 0 aliphatic carbocycles. The van der Waals surface area contributed by atoms with Gasteiger partial charge in [-0.15, -0.1) is 0 Å². The zero-order valence-corrected chi connectivity index (χ0v) is 15.7. The van der Waals surface area contributed by atoms with Crippen LogP contribution in [-0.2, 0) is 19.5 Å². The number of rotatable bonds is 7. The molecule has 0 amide bonds. The summed E-state index contributed by atoms with van der Waals surface area (Å²) in [7, 11) is 1.57. The molecule has 5 heteroatoms. The predicted molar refractivity (Wildman–Crippen MR) is 101 cm³/mol. The average molecular weight is 357 g/mol. The van der Waals surface area contributed by atoms with Gasteiger partial charge in [0.1, 0.15) is 5.75 Å². The molecule has 1 aliphatic heterocycles. The molecule has 2 aromatic carbocycles. The molecular formula is C21H27NO4. The molecule has 0 bridgehead atoms. The third-order valence-electron chi connectivity index (χ3n) is 5.18. The van der Waals surface area contributed by atoms with Crippen molar-refractivity contribution in [2.45, 2.75) is 45.8 Å². The quantitative estimate of drug-likeness (QED) is 0.744. The topological polar surface area (TPSA) is 62.2 Å². The predicted octanol–water partition coefficient (Wildman–Crippen LogP) is 3.37. The maximum absolute atomic E-state index is 9.71. The molecule has 0 saturated heterocycles. The molecule has 0 fully saturated rings. The molecular weight excluding hydrogens is 330 g/mol. The van der Waals surface area contributed by atoms with Gasteiger partial charge in [-0.05, 0) is 67.1 Å². The first-order chi connectivity index (χ1) is 12.5. The summed E-state index contributed by atoms with van der Waals surface area (Å²) in [6, 6.07) is 10.2. The molecule has 3 rings (SSSR count). The van der Waals surface area contributed by atoms with E-state index in [0.29, 0.717) is 11.8 Å². The molecule has 1 aliphatic rings. The lowest BCUT2D eigenvalue weighted by Gasteiger charge is -2.23. The zero-order chi connectivity index (χ0) is 18.7. The highest BCUT2D eigenvalue weighted by molar-refractivity contribution is 5.44. The number of aliphatic hydroxyl groups is 1. The third-order valence-corrected chi connectivity index (χ3v) is 5.18. The van der Waals surface area contributed by atoms with Gasteiger partial charge < -0.3 is 19.7 Å². The lowest BCUT2D eigenvalue weighted by Crippen LogP contribution is -2.28. The molecule has 0 aromatic heterocycles. The van der Waals surface area contributed by atoms with Gasteiger partial charge in [-0.25, -0.2) is 0 Å². The Kier molecular flexibility index (Phi) is 5.69. The number of phenols is 1. The molecule has 2 aromatic rings. The van der Waals surface area contributed by atoms with Crippen molar-refractivity contribution >= 4 is 0 Å². The highest BCUT2D eigenvalue weighted by atomic mass is 16.6. The van der Waals surface area contributed by atoms with Gasteiger partial charge in [0, 0.05) is 19.1 Å². The molecule has 0 radical (unpaired) electrons. The summed E-state index contributed by atoms with van der Waals surface area (Å²) in [5.74, 6) is 1.46. The van der Waals surface area contributed by atoms with E-state index in [-0.39, 0.29) is 12.5 Å². The van der Waals surface area contributed by atoms with Crippen molar-refractivity contribution in [3.8, 4) is 17.2 Å². The Morgan fingerprint density at radius 1 is 1.12 bits per heavy atom. The Morgan fingerprint density at radius 3 is 2.54 bits per heavy atom. The third kappa shape index (κ3) is 3.94. The van der Waals surface area contributed by atoms with E-state index in [1.165, 1.54) is 11.1 Å². The minimum atomic E-state index is -0.296. The van der Waals surface area contributed by atoms with Crippen LogP contribution in [0.4, 0.5) is 0 Å². The van der Waals surface area contributed by atoms with E-state index in [9.17, 15) is 5.11 Å². The standard InChI is InChI=1S/C21H27NO4/c1-14-8-17-11-22(12-18(17)10-20(14)26-13-23)15(2)4-5-16-6-7-19(24)21(9-16)25-3/h6-10,15,23-24H,4-5,11-13H2,1-3H3/t15-/m1/s1.